The Morgan fingerprint density at radius 3 is 2.63 bits per heavy atom. The fourth-order valence-electron chi connectivity index (χ4n) is 9.66. The second kappa shape index (κ2) is 6.58. The molecule has 2 heterocycles. The summed E-state index contributed by atoms with van der Waals surface area (Å²) in [6.45, 7) is 10.8. The summed E-state index contributed by atoms with van der Waals surface area (Å²) in [5.74, 6) is 3.94. The second-order valence-electron chi connectivity index (χ2n) is 12.7. The first-order valence-corrected chi connectivity index (χ1v) is 13.0. The number of hydrogen-bond donors (Lipinski definition) is 1. The normalized spacial score (nSPS) is 59.8. The van der Waals surface area contributed by atoms with E-state index in [2.05, 4.69) is 33.8 Å². The Morgan fingerprint density at radius 1 is 1.03 bits per heavy atom. The van der Waals surface area contributed by atoms with Crippen molar-refractivity contribution in [3.05, 3.63) is 11.6 Å². The second-order valence-corrected chi connectivity index (χ2v) is 12.7. The minimum atomic E-state index is -0.294. The molecule has 0 aromatic heterocycles. The predicted octanol–water partition coefficient (Wildman–Crippen LogP) is 5.71. The van der Waals surface area contributed by atoms with E-state index in [4.69, 9.17) is 9.47 Å². The fourth-order valence-corrected chi connectivity index (χ4v) is 9.66. The highest BCUT2D eigenvalue weighted by atomic mass is 16.7. The average Bonchev–Trinajstić information content (AvgIpc) is 3.16. The highest BCUT2D eigenvalue weighted by Gasteiger charge is 2.68. The molecule has 3 saturated carbocycles. The average molecular weight is 415 g/mol. The Balaban J connectivity index is 1.28. The van der Waals surface area contributed by atoms with Crippen molar-refractivity contribution in [1.82, 2.24) is 0 Å². The van der Waals surface area contributed by atoms with Crippen molar-refractivity contribution in [2.45, 2.75) is 103 Å². The van der Waals surface area contributed by atoms with Crippen LogP contribution in [-0.2, 0) is 9.47 Å². The molecule has 0 aromatic carbocycles. The van der Waals surface area contributed by atoms with E-state index in [-0.39, 0.29) is 11.9 Å². The first-order valence-electron chi connectivity index (χ1n) is 13.0. The summed E-state index contributed by atoms with van der Waals surface area (Å²) in [4.78, 5) is 0. The van der Waals surface area contributed by atoms with Crippen LogP contribution >= 0.6 is 0 Å². The van der Waals surface area contributed by atoms with E-state index in [1.165, 1.54) is 38.5 Å². The molecule has 2 aliphatic heterocycles. The van der Waals surface area contributed by atoms with Crippen LogP contribution in [0.25, 0.3) is 0 Å². The van der Waals surface area contributed by atoms with Crippen molar-refractivity contribution in [3.8, 4) is 0 Å². The van der Waals surface area contributed by atoms with Gasteiger partial charge in [0.15, 0.2) is 5.79 Å². The summed E-state index contributed by atoms with van der Waals surface area (Å²) in [6, 6.07) is 0. The zero-order valence-electron chi connectivity index (χ0n) is 19.5. The van der Waals surface area contributed by atoms with E-state index >= 15 is 0 Å². The molecule has 4 aliphatic carbocycles. The molecular formula is C27H42O3. The molecule has 3 nitrogen and oxygen atoms in total. The Kier molecular flexibility index (Phi) is 4.44. The van der Waals surface area contributed by atoms with Crippen LogP contribution in [-0.4, -0.2) is 29.7 Å². The van der Waals surface area contributed by atoms with Crippen molar-refractivity contribution in [1.29, 1.82) is 0 Å². The summed E-state index contributed by atoms with van der Waals surface area (Å²) in [5.41, 5.74) is 2.31. The van der Waals surface area contributed by atoms with Crippen LogP contribution in [0.15, 0.2) is 11.6 Å². The number of fused-ring (bicyclic) bond motifs is 7. The van der Waals surface area contributed by atoms with Crippen LogP contribution in [0.2, 0.25) is 0 Å². The lowest BCUT2D eigenvalue weighted by Gasteiger charge is -2.58. The van der Waals surface area contributed by atoms with Crippen molar-refractivity contribution in [3.63, 3.8) is 0 Å². The molecule has 0 amide bonds. The number of aliphatic hydroxyl groups excluding tert-OH is 1. The first kappa shape index (κ1) is 20.2. The van der Waals surface area contributed by atoms with Gasteiger partial charge in [-0.05, 0) is 91.8 Å². The molecule has 2 saturated heterocycles. The topological polar surface area (TPSA) is 38.7 Å². The van der Waals surface area contributed by atoms with Crippen molar-refractivity contribution < 1.29 is 14.6 Å². The minimum Gasteiger partial charge on any atom is -0.393 e. The minimum absolute atomic E-state index is 0.107. The third kappa shape index (κ3) is 2.55. The molecule has 168 valence electrons. The monoisotopic (exact) mass is 414 g/mol. The Bertz CT molecular complexity index is 736. The maximum atomic E-state index is 10.3. The molecule has 6 aliphatic rings. The molecule has 0 radical (unpaired) electrons. The molecular weight excluding hydrogens is 372 g/mol. The summed E-state index contributed by atoms with van der Waals surface area (Å²) in [7, 11) is 0. The molecule has 6 rings (SSSR count). The largest absolute Gasteiger partial charge is 0.393 e. The van der Waals surface area contributed by atoms with Crippen molar-refractivity contribution >= 4 is 0 Å². The Hall–Kier alpha value is -0.380. The van der Waals surface area contributed by atoms with Gasteiger partial charge in [0, 0.05) is 12.3 Å². The number of rotatable bonds is 0. The van der Waals surface area contributed by atoms with Crippen molar-refractivity contribution in [2.24, 2.45) is 46.3 Å². The standard InChI is InChI=1S/C27H42O3/c1-16-7-12-27(29-15-16)17(2)24-23(30-27)14-22-20-6-5-18-13-19(28)8-10-25(18,3)21(20)9-11-26(22,24)4/h5,16-17,19-24,28H,6-15H2,1-4H3/t16-,17+,19-,20-,21-,22+,23+,24+,25+,26+,27-/m1/s1. The molecule has 11 atom stereocenters. The summed E-state index contributed by atoms with van der Waals surface area (Å²) in [6.07, 6.45) is 13.5. The van der Waals surface area contributed by atoms with Crippen LogP contribution in [0.5, 0.6) is 0 Å². The lowest BCUT2D eigenvalue weighted by atomic mass is 9.47. The van der Waals surface area contributed by atoms with Crippen molar-refractivity contribution in [2.75, 3.05) is 6.61 Å². The lowest BCUT2D eigenvalue weighted by molar-refractivity contribution is -0.272. The third-order valence-corrected chi connectivity index (χ3v) is 11.3. The summed E-state index contributed by atoms with van der Waals surface area (Å²) in [5, 5.41) is 10.3. The van der Waals surface area contributed by atoms with Gasteiger partial charge in [-0.25, -0.2) is 0 Å². The summed E-state index contributed by atoms with van der Waals surface area (Å²) < 4.78 is 13.3. The van der Waals surface area contributed by atoms with Gasteiger partial charge >= 0.3 is 0 Å². The maximum absolute atomic E-state index is 10.3. The van der Waals surface area contributed by atoms with E-state index in [1.54, 1.807) is 5.57 Å². The zero-order chi connectivity index (χ0) is 20.9. The van der Waals surface area contributed by atoms with Crippen LogP contribution < -0.4 is 0 Å². The van der Waals surface area contributed by atoms with Gasteiger partial charge in [-0.2, -0.15) is 0 Å². The van der Waals surface area contributed by atoms with Gasteiger partial charge in [0.1, 0.15) is 0 Å². The van der Waals surface area contributed by atoms with Crippen LogP contribution in [0.3, 0.4) is 0 Å². The maximum Gasteiger partial charge on any atom is 0.171 e. The Morgan fingerprint density at radius 2 is 1.87 bits per heavy atom. The van der Waals surface area contributed by atoms with Gasteiger partial charge in [-0.15, -0.1) is 0 Å². The summed E-state index contributed by atoms with van der Waals surface area (Å²) >= 11 is 0. The molecule has 0 unspecified atom stereocenters. The van der Waals surface area contributed by atoms with Gasteiger partial charge in [-0.3, -0.25) is 0 Å². The van der Waals surface area contributed by atoms with Gasteiger partial charge in [0.05, 0.1) is 18.8 Å². The van der Waals surface area contributed by atoms with Gasteiger partial charge in [0.2, 0.25) is 0 Å². The molecule has 5 fully saturated rings. The van der Waals surface area contributed by atoms with Gasteiger partial charge in [0.25, 0.3) is 0 Å². The van der Waals surface area contributed by atoms with E-state index < -0.39 is 0 Å². The predicted molar refractivity (Wildman–Crippen MR) is 118 cm³/mol. The fraction of sp³-hybridized carbons (Fsp3) is 0.926. The third-order valence-electron chi connectivity index (χ3n) is 11.3. The molecule has 1 N–H and O–H groups in total. The van der Waals surface area contributed by atoms with E-state index in [1.807, 2.05) is 0 Å². The SMILES string of the molecule is C[C@@H]1CC[C@@]2(OC1)O[C@H]1C[C@H]3[C@@H]4CC=C5C[C@H](O)CC[C@]5(C)[C@@H]4CC[C@]3(C)[C@H]1[C@@H]2C. The van der Waals surface area contributed by atoms with Crippen LogP contribution in [0.1, 0.15) is 85.5 Å². The van der Waals surface area contributed by atoms with E-state index in [9.17, 15) is 5.11 Å². The zero-order valence-corrected chi connectivity index (χ0v) is 19.5. The Labute approximate surface area is 183 Å². The molecule has 0 aromatic rings. The number of allylic oxidation sites excluding steroid dienone is 1. The highest BCUT2D eigenvalue weighted by molar-refractivity contribution is 5.26. The number of ether oxygens (including phenoxy) is 2. The van der Waals surface area contributed by atoms with Crippen LogP contribution in [0, 0.1) is 46.3 Å². The number of hydrogen-bond acceptors (Lipinski definition) is 3. The van der Waals surface area contributed by atoms with Gasteiger partial charge in [-0.1, -0.05) is 39.3 Å². The first-order chi connectivity index (χ1) is 14.3. The lowest BCUT2D eigenvalue weighted by Crippen LogP contribution is -2.52. The highest BCUT2D eigenvalue weighted by Crippen LogP contribution is 2.70. The molecule has 30 heavy (non-hydrogen) atoms. The van der Waals surface area contributed by atoms with E-state index in [0.29, 0.717) is 34.7 Å². The molecule has 3 heteroatoms. The van der Waals surface area contributed by atoms with E-state index in [0.717, 1.165) is 43.6 Å². The van der Waals surface area contributed by atoms with Crippen LogP contribution in [0.4, 0.5) is 0 Å². The quantitative estimate of drug-likeness (QED) is 0.516. The van der Waals surface area contributed by atoms with Gasteiger partial charge < -0.3 is 14.6 Å². The smallest absolute Gasteiger partial charge is 0.171 e. The number of aliphatic hydroxyl groups is 1. The molecule has 1 spiro atoms. The molecule has 0 bridgehead atoms.